The van der Waals surface area contributed by atoms with Crippen LogP contribution in [0.3, 0.4) is 0 Å². The van der Waals surface area contributed by atoms with Crippen molar-refractivity contribution in [3.8, 4) is 0 Å². The van der Waals surface area contributed by atoms with Gasteiger partial charge in [0.15, 0.2) is 11.5 Å². The Morgan fingerprint density at radius 1 is 1.55 bits per heavy atom. The van der Waals surface area contributed by atoms with Gasteiger partial charge >= 0.3 is 5.97 Å². The third kappa shape index (κ3) is 2.32. The molecule has 0 bridgehead atoms. The van der Waals surface area contributed by atoms with Gasteiger partial charge in [0.05, 0.1) is 12.2 Å². The van der Waals surface area contributed by atoms with Gasteiger partial charge in [-0.1, -0.05) is 0 Å². The third-order valence-electron chi connectivity index (χ3n) is 2.69. The number of aromatic nitrogens is 4. The smallest absolute Gasteiger partial charge is 0.355 e. The summed E-state index contributed by atoms with van der Waals surface area (Å²) in [7, 11) is 0. The molecule has 3 rings (SSSR count). The normalized spacial score (nSPS) is 10.8. The van der Waals surface area contributed by atoms with E-state index in [0.717, 1.165) is 11.2 Å². The van der Waals surface area contributed by atoms with Gasteiger partial charge in [-0.15, -0.1) is 11.3 Å². The fourth-order valence-corrected chi connectivity index (χ4v) is 2.54. The molecule has 20 heavy (non-hydrogen) atoms. The van der Waals surface area contributed by atoms with E-state index in [9.17, 15) is 4.79 Å². The Kier molecular flexibility index (Phi) is 3.07. The van der Waals surface area contributed by atoms with E-state index in [-0.39, 0.29) is 5.69 Å². The number of anilines is 1. The van der Waals surface area contributed by atoms with Crippen molar-refractivity contribution in [1.82, 2.24) is 19.6 Å². The van der Waals surface area contributed by atoms with E-state index in [4.69, 9.17) is 5.11 Å². The topological polar surface area (TPSA) is 92.4 Å². The average molecular weight is 289 g/mol. The van der Waals surface area contributed by atoms with Gasteiger partial charge in [0.1, 0.15) is 10.5 Å². The first kappa shape index (κ1) is 12.5. The van der Waals surface area contributed by atoms with Crippen molar-refractivity contribution in [1.29, 1.82) is 0 Å². The van der Waals surface area contributed by atoms with Crippen LogP contribution in [0.25, 0.3) is 5.52 Å². The molecule has 0 aliphatic heterocycles. The highest BCUT2D eigenvalue weighted by molar-refractivity contribution is 7.09. The minimum absolute atomic E-state index is 0.0677. The Balaban J connectivity index is 1.81. The number of nitrogens with one attached hydrogen (secondary N) is 1. The minimum atomic E-state index is -1.01. The van der Waals surface area contributed by atoms with Gasteiger partial charge in [-0.05, 0) is 13.0 Å². The van der Waals surface area contributed by atoms with Crippen molar-refractivity contribution in [2.75, 3.05) is 5.32 Å². The molecule has 0 aromatic carbocycles. The van der Waals surface area contributed by atoms with Gasteiger partial charge in [-0.25, -0.2) is 19.3 Å². The van der Waals surface area contributed by atoms with Gasteiger partial charge in [0.2, 0.25) is 0 Å². The third-order valence-corrected chi connectivity index (χ3v) is 3.54. The number of nitrogens with zero attached hydrogens (tertiary/aromatic N) is 4. The van der Waals surface area contributed by atoms with Crippen molar-refractivity contribution in [3.63, 3.8) is 0 Å². The summed E-state index contributed by atoms with van der Waals surface area (Å²) < 4.78 is 1.75. The monoisotopic (exact) mass is 289 g/mol. The molecule has 0 fully saturated rings. The van der Waals surface area contributed by atoms with Crippen LogP contribution in [-0.4, -0.2) is 30.7 Å². The van der Waals surface area contributed by atoms with Crippen molar-refractivity contribution in [2.24, 2.45) is 0 Å². The first-order valence-corrected chi connectivity index (χ1v) is 6.74. The molecular weight excluding hydrogens is 278 g/mol. The highest BCUT2D eigenvalue weighted by Gasteiger charge is 2.10. The molecule has 0 radical (unpaired) electrons. The number of carbonyl (C=O) groups is 1. The van der Waals surface area contributed by atoms with E-state index in [1.807, 2.05) is 13.0 Å². The summed E-state index contributed by atoms with van der Waals surface area (Å²) in [4.78, 5) is 19.0. The lowest BCUT2D eigenvalue weighted by molar-refractivity contribution is 0.0691. The second-order valence-electron chi connectivity index (χ2n) is 4.18. The molecule has 102 valence electrons. The van der Waals surface area contributed by atoms with Crippen molar-refractivity contribution in [3.05, 3.63) is 40.2 Å². The molecule has 3 heterocycles. The summed E-state index contributed by atoms with van der Waals surface area (Å²) in [5, 5.41) is 18.5. The molecule has 3 aromatic rings. The van der Waals surface area contributed by atoms with Crippen LogP contribution in [0.2, 0.25) is 0 Å². The molecule has 0 atom stereocenters. The van der Waals surface area contributed by atoms with E-state index < -0.39 is 5.97 Å². The van der Waals surface area contributed by atoms with E-state index in [1.165, 1.54) is 16.7 Å². The maximum absolute atomic E-state index is 10.8. The maximum atomic E-state index is 10.8. The van der Waals surface area contributed by atoms with Crippen molar-refractivity contribution < 1.29 is 9.90 Å². The van der Waals surface area contributed by atoms with Gasteiger partial charge in [0, 0.05) is 17.8 Å². The number of aromatic carboxylic acids is 1. The molecule has 7 nitrogen and oxygen atoms in total. The van der Waals surface area contributed by atoms with Crippen LogP contribution in [-0.2, 0) is 6.54 Å². The number of fused-ring (bicyclic) bond motifs is 1. The minimum Gasteiger partial charge on any atom is -0.476 e. The maximum Gasteiger partial charge on any atom is 0.355 e. The van der Waals surface area contributed by atoms with Crippen LogP contribution in [0.1, 0.15) is 21.2 Å². The van der Waals surface area contributed by atoms with Crippen LogP contribution < -0.4 is 5.32 Å². The van der Waals surface area contributed by atoms with Crippen LogP contribution in [0.4, 0.5) is 5.82 Å². The molecular formula is C12H11N5O2S. The van der Waals surface area contributed by atoms with E-state index in [0.29, 0.717) is 17.4 Å². The van der Waals surface area contributed by atoms with Gasteiger partial charge < -0.3 is 10.4 Å². The summed E-state index contributed by atoms with van der Waals surface area (Å²) in [5.74, 6) is -0.320. The number of hydrogen-bond acceptors (Lipinski definition) is 6. The second kappa shape index (κ2) is 4.89. The molecule has 0 saturated heterocycles. The Morgan fingerprint density at radius 2 is 2.40 bits per heavy atom. The lowest BCUT2D eigenvalue weighted by atomic mass is 10.4. The predicted octanol–water partition coefficient (Wildman–Crippen LogP) is 1.80. The van der Waals surface area contributed by atoms with E-state index in [2.05, 4.69) is 20.4 Å². The molecule has 0 saturated carbocycles. The van der Waals surface area contributed by atoms with Crippen LogP contribution in [0.5, 0.6) is 0 Å². The largest absolute Gasteiger partial charge is 0.476 e. The summed E-state index contributed by atoms with van der Waals surface area (Å²) in [6.07, 6.45) is 3.44. The van der Waals surface area contributed by atoms with Crippen LogP contribution in [0, 0.1) is 6.92 Å². The SMILES string of the molecule is Cc1cc2c(NCc3nc(C(=O)O)cs3)nccn2n1. The molecule has 8 heteroatoms. The van der Waals surface area contributed by atoms with Crippen molar-refractivity contribution >= 4 is 28.6 Å². The standard InChI is InChI=1S/C12H11N5O2S/c1-7-4-9-11(13-2-3-17(9)16-7)14-5-10-15-8(6-20-10)12(18)19/h2-4,6H,5H2,1H3,(H,13,14)(H,18,19). The summed E-state index contributed by atoms with van der Waals surface area (Å²) in [6.45, 7) is 2.34. The molecule has 0 unspecified atom stereocenters. The molecule has 0 spiro atoms. The van der Waals surface area contributed by atoms with Gasteiger partial charge in [-0.2, -0.15) is 5.10 Å². The number of aryl methyl sites for hydroxylation is 1. The lowest BCUT2D eigenvalue weighted by Crippen LogP contribution is -2.04. The molecule has 0 amide bonds. The lowest BCUT2D eigenvalue weighted by Gasteiger charge is -2.04. The quantitative estimate of drug-likeness (QED) is 0.761. The van der Waals surface area contributed by atoms with Crippen molar-refractivity contribution in [2.45, 2.75) is 13.5 Å². The zero-order valence-electron chi connectivity index (χ0n) is 10.6. The number of carboxylic acid groups (broad SMARTS) is 1. The first-order chi connectivity index (χ1) is 9.63. The fraction of sp³-hybridized carbons (Fsp3) is 0.167. The zero-order chi connectivity index (χ0) is 14.1. The average Bonchev–Trinajstić information content (AvgIpc) is 3.01. The highest BCUT2D eigenvalue weighted by atomic mass is 32.1. The molecule has 3 aromatic heterocycles. The molecule has 2 N–H and O–H groups in total. The summed E-state index contributed by atoms with van der Waals surface area (Å²) in [6, 6.07) is 1.93. The highest BCUT2D eigenvalue weighted by Crippen LogP contribution is 2.17. The Hall–Kier alpha value is -2.48. The Morgan fingerprint density at radius 3 is 3.15 bits per heavy atom. The van der Waals surface area contributed by atoms with E-state index >= 15 is 0 Å². The number of carboxylic acids is 1. The van der Waals surface area contributed by atoms with Gasteiger partial charge in [-0.3, -0.25) is 0 Å². The molecule has 0 aliphatic carbocycles. The first-order valence-electron chi connectivity index (χ1n) is 5.86. The zero-order valence-corrected chi connectivity index (χ0v) is 11.4. The van der Waals surface area contributed by atoms with Crippen LogP contribution in [0.15, 0.2) is 23.8 Å². The summed E-state index contributed by atoms with van der Waals surface area (Å²) >= 11 is 1.30. The Labute approximate surface area is 117 Å². The number of thiazole rings is 1. The number of rotatable bonds is 4. The van der Waals surface area contributed by atoms with Crippen LogP contribution >= 0.6 is 11.3 Å². The fourth-order valence-electron chi connectivity index (χ4n) is 1.83. The second-order valence-corrected chi connectivity index (χ2v) is 5.12. The molecule has 0 aliphatic rings. The summed E-state index contributed by atoms with van der Waals surface area (Å²) in [5.41, 5.74) is 1.85. The Bertz CT molecular complexity index is 779. The van der Waals surface area contributed by atoms with E-state index in [1.54, 1.807) is 16.9 Å². The predicted molar refractivity (Wildman–Crippen MR) is 74.1 cm³/mol. The van der Waals surface area contributed by atoms with Gasteiger partial charge in [0.25, 0.3) is 0 Å². The number of hydrogen-bond donors (Lipinski definition) is 2.